The summed E-state index contributed by atoms with van der Waals surface area (Å²) in [4.78, 5) is 2.00. The summed E-state index contributed by atoms with van der Waals surface area (Å²) in [6.07, 6.45) is 0. The molecule has 0 aliphatic rings. The van der Waals surface area contributed by atoms with Gasteiger partial charge in [-0.25, -0.2) is 8.78 Å². The maximum Gasteiger partial charge on any atom is 0.163 e. The molecule has 19 heavy (non-hydrogen) atoms. The van der Waals surface area contributed by atoms with Crippen molar-refractivity contribution in [2.75, 3.05) is 24.3 Å². The number of nitrogens with zero attached hydrogens (tertiary/aromatic N) is 1. The quantitative estimate of drug-likeness (QED) is 0.905. The minimum atomic E-state index is -0.817. The minimum absolute atomic E-state index is 0.255. The van der Waals surface area contributed by atoms with E-state index in [0.29, 0.717) is 5.56 Å². The van der Waals surface area contributed by atoms with Crippen LogP contribution in [0.15, 0.2) is 42.5 Å². The second kappa shape index (κ2) is 5.69. The van der Waals surface area contributed by atoms with Crippen LogP contribution in [0.1, 0.15) is 5.56 Å². The highest BCUT2D eigenvalue weighted by atomic mass is 19.2. The molecule has 0 aliphatic heterocycles. The van der Waals surface area contributed by atoms with Crippen molar-refractivity contribution >= 4 is 11.4 Å². The van der Waals surface area contributed by atoms with E-state index < -0.39 is 11.6 Å². The van der Waals surface area contributed by atoms with Gasteiger partial charge in [-0.2, -0.15) is 0 Å². The molecule has 0 unspecified atom stereocenters. The first kappa shape index (κ1) is 13.3. The van der Waals surface area contributed by atoms with Gasteiger partial charge in [-0.3, -0.25) is 0 Å². The molecule has 0 amide bonds. The van der Waals surface area contributed by atoms with Crippen LogP contribution >= 0.6 is 0 Å². The first-order chi connectivity index (χ1) is 9.08. The largest absolute Gasteiger partial charge is 0.381 e. The number of hydrogen-bond donors (Lipinski definition) is 1. The van der Waals surface area contributed by atoms with Crippen molar-refractivity contribution in [1.29, 1.82) is 0 Å². The van der Waals surface area contributed by atoms with E-state index in [1.165, 1.54) is 6.07 Å². The number of rotatable bonds is 4. The molecule has 0 saturated carbocycles. The molecule has 0 saturated heterocycles. The third kappa shape index (κ3) is 3.22. The number of hydrogen-bond acceptors (Lipinski definition) is 2. The lowest BCUT2D eigenvalue weighted by Gasteiger charge is -2.13. The van der Waals surface area contributed by atoms with Crippen molar-refractivity contribution in [2.24, 2.45) is 0 Å². The Labute approximate surface area is 111 Å². The van der Waals surface area contributed by atoms with E-state index in [2.05, 4.69) is 5.32 Å². The molecule has 0 fully saturated rings. The van der Waals surface area contributed by atoms with Gasteiger partial charge in [0.15, 0.2) is 11.6 Å². The predicted molar refractivity (Wildman–Crippen MR) is 74.5 cm³/mol. The molecule has 2 rings (SSSR count). The summed E-state index contributed by atoms with van der Waals surface area (Å²) < 4.78 is 26.5. The summed E-state index contributed by atoms with van der Waals surface area (Å²) in [5, 5.41) is 3.07. The van der Waals surface area contributed by atoms with E-state index in [0.717, 1.165) is 17.4 Å². The van der Waals surface area contributed by atoms with Gasteiger partial charge in [-0.15, -0.1) is 0 Å². The van der Waals surface area contributed by atoms with Crippen LogP contribution in [-0.4, -0.2) is 14.1 Å². The normalized spacial score (nSPS) is 10.3. The van der Waals surface area contributed by atoms with Gasteiger partial charge >= 0.3 is 0 Å². The summed E-state index contributed by atoms with van der Waals surface area (Å²) in [6, 6.07) is 11.9. The fourth-order valence-electron chi connectivity index (χ4n) is 1.76. The van der Waals surface area contributed by atoms with Crippen molar-refractivity contribution in [2.45, 2.75) is 6.54 Å². The van der Waals surface area contributed by atoms with Gasteiger partial charge in [-0.05, 0) is 30.3 Å². The maximum atomic E-state index is 13.5. The van der Waals surface area contributed by atoms with Crippen molar-refractivity contribution in [3.05, 3.63) is 59.7 Å². The van der Waals surface area contributed by atoms with Gasteiger partial charge < -0.3 is 10.2 Å². The third-order valence-electron chi connectivity index (χ3n) is 2.90. The Morgan fingerprint density at radius 3 is 2.32 bits per heavy atom. The molecule has 2 aromatic carbocycles. The van der Waals surface area contributed by atoms with Crippen LogP contribution in [0.3, 0.4) is 0 Å². The van der Waals surface area contributed by atoms with E-state index in [1.807, 2.05) is 43.3 Å². The Morgan fingerprint density at radius 2 is 1.68 bits per heavy atom. The van der Waals surface area contributed by atoms with Crippen LogP contribution < -0.4 is 10.2 Å². The van der Waals surface area contributed by atoms with E-state index in [9.17, 15) is 8.78 Å². The molecular formula is C15H16F2N2. The van der Waals surface area contributed by atoms with Crippen molar-refractivity contribution in [3.63, 3.8) is 0 Å². The fraction of sp³-hybridized carbons (Fsp3) is 0.200. The molecule has 2 nitrogen and oxygen atoms in total. The SMILES string of the molecule is CN(C)c1ccc(NCc2cccc(F)c2F)cc1. The van der Waals surface area contributed by atoms with Crippen molar-refractivity contribution in [1.82, 2.24) is 0 Å². The summed E-state index contributed by atoms with van der Waals surface area (Å²) in [6.45, 7) is 0.255. The van der Waals surface area contributed by atoms with Gasteiger partial charge in [-0.1, -0.05) is 12.1 Å². The number of halogens is 2. The van der Waals surface area contributed by atoms with Gasteiger partial charge in [0, 0.05) is 37.6 Å². The zero-order valence-electron chi connectivity index (χ0n) is 11.0. The second-order valence-corrected chi connectivity index (χ2v) is 4.51. The zero-order valence-corrected chi connectivity index (χ0v) is 11.0. The average Bonchev–Trinajstić information content (AvgIpc) is 2.41. The Morgan fingerprint density at radius 1 is 1.00 bits per heavy atom. The fourth-order valence-corrected chi connectivity index (χ4v) is 1.76. The van der Waals surface area contributed by atoms with E-state index >= 15 is 0 Å². The van der Waals surface area contributed by atoms with Crippen molar-refractivity contribution in [3.8, 4) is 0 Å². The number of benzene rings is 2. The average molecular weight is 262 g/mol. The van der Waals surface area contributed by atoms with Gasteiger partial charge in [0.05, 0.1) is 0 Å². The molecule has 0 spiro atoms. The topological polar surface area (TPSA) is 15.3 Å². The lowest BCUT2D eigenvalue weighted by Crippen LogP contribution is -2.08. The Hall–Kier alpha value is -2.10. The lowest BCUT2D eigenvalue weighted by atomic mass is 10.2. The molecular weight excluding hydrogens is 246 g/mol. The van der Waals surface area contributed by atoms with Crippen LogP contribution in [0.2, 0.25) is 0 Å². The van der Waals surface area contributed by atoms with Gasteiger partial charge in [0.1, 0.15) is 0 Å². The Balaban J connectivity index is 2.04. The molecule has 0 radical (unpaired) electrons. The maximum absolute atomic E-state index is 13.5. The van der Waals surface area contributed by atoms with Gasteiger partial charge in [0.2, 0.25) is 0 Å². The highest BCUT2D eigenvalue weighted by Gasteiger charge is 2.06. The lowest BCUT2D eigenvalue weighted by molar-refractivity contribution is 0.500. The number of anilines is 2. The summed E-state index contributed by atoms with van der Waals surface area (Å²) in [7, 11) is 3.93. The summed E-state index contributed by atoms with van der Waals surface area (Å²) in [5.74, 6) is -1.61. The van der Waals surface area contributed by atoms with Crippen LogP contribution in [0.4, 0.5) is 20.2 Å². The minimum Gasteiger partial charge on any atom is -0.381 e. The zero-order chi connectivity index (χ0) is 13.8. The molecule has 0 aliphatic carbocycles. The Bertz CT molecular complexity index is 551. The summed E-state index contributed by atoms with van der Waals surface area (Å²) >= 11 is 0. The Kier molecular flexibility index (Phi) is 4.00. The molecule has 0 heterocycles. The standard InChI is InChI=1S/C15H16F2N2/c1-19(2)13-8-6-12(7-9-13)18-10-11-4-3-5-14(16)15(11)17/h3-9,18H,10H2,1-2H3. The number of nitrogens with one attached hydrogen (secondary N) is 1. The molecule has 0 atom stereocenters. The molecule has 100 valence electrons. The monoisotopic (exact) mass is 262 g/mol. The third-order valence-corrected chi connectivity index (χ3v) is 2.90. The van der Waals surface area contributed by atoms with E-state index in [-0.39, 0.29) is 6.54 Å². The van der Waals surface area contributed by atoms with Crippen LogP contribution in [-0.2, 0) is 6.54 Å². The first-order valence-electron chi connectivity index (χ1n) is 6.02. The second-order valence-electron chi connectivity index (χ2n) is 4.51. The predicted octanol–water partition coefficient (Wildman–Crippen LogP) is 3.64. The summed E-state index contributed by atoms with van der Waals surface area (Å²) in [5.41, 5.74) is 2.27. The first-order valence-corrected chi connectivity index (χ1v) is 6.02. The molecule has 4 heteroatoms. The van der Waals surface area contributed by atoms with Crippen LogP contribution in [0, 0.1) is 11.6 Å². The van der Waals surface area contributed by atoms with Crippen LogP contribution in [0.25, 0.3) is 0 Å². The molecule has 0 aromatic heterocycles. The van der Waals surface area contributed by atoms with Crippen molar-refractivity contribution < 1.29 is 8.78 Å². The highest BCUT2D eigenvalue weighted by Crippen LogP contribution is 2.17. The van der Waals surface area contributed by atoms with Crippen LogP contribution in [0.5, 0.6) is 0 Å². The smallest absolute Gasteiger partial charge is 0.163 e. The molecule has 1 N–H and O–H groups in total. The van der Waals surface area contributed by atoms with Gasteiger partial charge in [0.25, 0.3) is 0 Å². The molecule has 0 bridgehead atoms. The van der Waals surface area contributed by atoms with E-state index in [4.69, 9.17) is 0 Å². The van der Waals surface area contributed by atoms with E-state index in [1.54, 1.807) is 6.07 Å². The molecule has 2 aromatic rings. The highest BCUT2D eigenvalue weighted by molar-refractivity contribution is 5.54.